The number of hydrogen-bond acceptors (Lipinski definition) is 3. The first-order valence-corrected chi connectivity index (χ1v) is 10.8. The van der Waals surface area contributed by atoms with Crippen LogP contribution in [0, 0.1) is 5.82 Å². The minimum atomic E-state index is -0.930. The maximum absolute atomic E-state index is 14.7. The summed E-state index contributed by atoms with van der Waals surface area (Å²) in [6, 6.07) is 21.8. The van der Waals surface area contributed by atoms with Crippen LogP contribution in [-0.4, -0.2) is 11.4 Å². The molecule has 1 amide bonds. The molecule has 3 aromatic carbocycles. The molecule has 30 heavy (non-hydrogen) atoms. The molecule has 152 valence electrons. The van der Waals surface area contributed by atoms with Crippen molar-refractivity contribution in [3.05, 3.63) is 89.2 Å². The maximum Gasteiger partial charge on any atom is 0.256 e. The molecule has 0 radical (unpaired) electrons. The Bertz CT molecular complexity index is 1190. The largest absolute Gasteiger partial charge is 0.324 e. The van der Waals surface area contributed by atoms with Gasteiger partial charge in [0.1, 0.15) is 5.82 Å². The van der Waals surface area contributed by atoms with Crippen LogP contribution in [0.25, 0.3) is 20.5 Å². The molecule has 0 saturated carbocycles. The van der Waals surface area contributed by atoms with Crippen molar-refractivity contribution in [2.45, 2.75) is 12.0 Å². The van der Waals surface area contributed by atoms with Gasteiger partial charge in [-0.05, 0) is 35.4 Å². The number of nitrogens with one attached hydrogen (secondary N) is 2. The molecule has 0 saturated heterocycles. The summed E-state index contributed by atoms with van der Waals surface area (Å²) >= 11 is 13.7. The Kier molecular flexibility index (Phi) is 6.35. The Morgan fingerprint density at radius 3 is 2.43 bits per heavy atom. The minimum absolute atomic E-state index is 0.225. The van der Waals surface area contributed by atoms with Crippen molar-refractivity contribution in [2.75, 3.05) is 5.32 Å². The van der Waals surface area contributed by atoms with E-state index in [4.69, 9.17) is 23.2 Å². The van der Waals surface area contributed by atoms with Crippen LogP contribution in [0.15, 0.2) is 72.8 Å². The highest BCUT2D eigenvalue weighted by atomic mass is 35.5. The zero-order chi connectivity index (χ0) is 21.1. The molecular formula is C23H17Cl2FN2OS. The molecule has 3 nitrogen and oxygen atoms in total. The third-order valence-electron chi connectivity index (χ3n) is 4.61. The number of anilines is 1. The van der Waals surface area contributed by atoms with Crippen molar-refractivity contribution in [1.29, 1.82) is 0 Å². The third kappa shape index (κ3) is 4.50. The van der Waals surface area contributed by atoms with E-state index in [-0.39, 0.29) is 11.7 Å². The van der Waals surface area contributed by atoms with E-state index < -0.39 is 5.50 Å². The smallest absolute Gasteiger partial charge is 0.256 e. The summed E-state index contributed by atoms with van der Waals surface area (Å²) in [5.74, 6) is -0.610. The molecule has 0 fully saturated rings. The van der Waals surface area contributed by atoms with Gasteiger partial charge in [-0.25, -0.2) is 4.39 Å². The molecule has 0 aliphatic carbocycles. The summed E-state index contributed by atoms with van der Waals surface area (Å²) in [5.41, 5.74) is 1.26. The molecule has 4 rings (SSSR count). The molecular weight excluding hydrogens is 442 g/mol. The predicted octanol–water partition coefficient (Wildman–Crippen LogP) is 6.65. The zero-order valence-electron chi connectivity index (χ0n) is 15.7. The van der Waals surface area contributed by atoms with Gasteiger partial charge in [0.15, 0.2) is 5.50 Å². The number of carbonyl (C=O) groups excluding carboxylic acids is 1. The van der Waals surface area contributed by atoms with Crippen LogP contribution in [0.2, 0.25) is 5.02 Å². The van der Waals surface area contributed by atoms with Gasteiger partial charge in [0.2, 0.25) is 0 Å². The lowest BCUT2D eigenvalue weighted by molar-refractivity contribution is -0.116. The van der Waals surface area contributed by atoms with Gasteiger partial charge in [0.05, 0.1) is 4.88 Å². The van der Waals surface area contributed by atoms with E-state index in [1.54, 1.807) is 36.4 Å². The Labute approximate surface area is 187 Å². The van der Waals surface area contributed by atoms with E-state index in [1.807, 2.05) is 36.4 Å². The number of hydrogen-bond donors (Lipinski definition) is 2. The third-order valence-corrected chi connectivity index (χ3v) is 6.53. The second kappa shape index (κ2) is 9.14. The van der Waals surface area contributed by atoms with Gasteiger partial charge in [0, 0.05) is 27.3 Å². The fourth-order valence-corrected chi connectivity index (χ4v) is 4.47. The Balaban J connectivity index is 1.41. The van der Waals surface area contributed by atoms with Crippen LogP contribution in [0.5, 0.6) is 0 Å². The number of thiophene rings is 1. The zero-order valence-corrected chi connectivity index (χ0v) is 18.0. The van der Waals surface area contributed by atoms with Crippen molar-refractivity contribution in [3.8, 4) is 10.4 Å². The molecule has 0 aliphatic rings. The lowest BCUT2D eigenvalue weighted by atomic mass is 10.1. The number of halogens is 3. The fourth-order valence-electron chi connectivity index (χ4n) is 3.04. The molecule has 1 atom stereocenters. The van der Waals surface area contributed by atoms with Crippen LogP contribution in [-0.2, 0) is 11.3 Å². The van der Waals surface area contributed by atoms with Gasteiger partial charge in [-0.3, -0.25) is 10.1 Å². The second-order valence-corrected chi connectivity index (χ2v) is 8.54. The summed E-state index contributed by atoms with van der Waals surface area (Å²) in [7, 11) is 0. The van der Waals surface area contributed by atoms with E-state index in [1.165, 1.54) is 11.3 Å². The molecule has 0 spiro atoms. The topological polar surface area (TPSA) is 41.1 Å². The van der Waals surface area contributed by atoms with Crippen molar-refractivity contribution in [2.24, 2.45) is 0 Å². The van der Waals surface area contributed by atoms with Crippen molar-refractivity contribution in [1.82, 2.24) is 5.32 Å². The first kappa shape index (κ1) is 20.8. The Morgan fingerprint density at radius 2 is 1.70 bits per heavy atom. The van der Waals surface area contributed by atoms with Crippen LogP contribution in [0.1, 0.15) is 5.56 Å². The van der Waals surface area contributed by atoms with E-state index in [9.17, 15) is 9.18 Å². The second-order valence-electron chi connectivity index (χ2n) is 6.64. The van der Waals surface area contributed by atoms with Crippen molar-refractivity contribution < 1.29 is 9.18 Å². The van der Waals surface area contributed by atoms with Crippen LogP contribution in [0.4, 0.5) is 10.1 Å². The quantitative estimate of drug-likeness (QED) is 0.250. The molecule has 1 unspecified atom stereocenters. The number of fused-ring (bicyclic) bond motifs is 1. The van der Waals surface area contributed by atoms with Crippen molar-refractivity contribution >= 4 is 56.2 Å². The van der Waals surface area contributed by atoms with Crippen LogP contribution < -0.4 is 10.6 Å². The van der Waals surface area contributed by atoms with Gasteiger partial charge in [-0.15, -0.1) is 11.3 Å². The minimum Gasteiger partial charge on any atom is -0.324 e. The molecule has 1 aromatic heterocycles. The monoisotopic (exact) mass is 458 g/mol. The summed E-state index contributed by atoms with van der Waals surface area (Å²) in [4.78, 5) is 12.9. The normalized spacial score (nSPS) is 12.1. The molecule has 0 bridgehead atoms. The first-order valence-electron chi connectivity index (χ1n) is 9.22. The average Bonchev–Trinajstić information content (AvgIpc) is 3.10. The van der Waals surface area contributed by atoms with Gasteiger partial charge < -0.3 is 5.32 Å². The summed E-state index contributed by atoms with van der Waals surface area (Å²) in [6.45, 7) is 0.366. The van der Waals surface area contributed by atoms with Gasteiger partial charge in [-0.1, -0.05) is 71.7 Å². The fraction of sp³-hybridized carbons (Fsp3) is 0.0870. The molecule has 1 heterocycles. The summed E-state index contributed by atoms with van der Waals surface area (Å²) in [6.07, 6.45) is 0. The van der Waals surface area contributed by atoms with E-state index >= 15 is 0 Å². The Morgan fingerprint density at radius 1 is 1.00 bits per heavy atom. The summed E-state index contributed by atoms with van der Waals surface area (Å²) < 4.78 is 15.6. The molecule has 7 heteroatoms. The van der Waals surface area contributed by atoms with Crippen LogP contribution >= 0.6 is 34.5 Å². The van der Waals surface area contributed by atoms with E-state index in [0.29, 0.717) is 27.5 Å². The number of carbonyl (C=O) groups is 1. The van der Waals surface area contributed by atoms with Gasteiger partial charge >= 0.3 is 0 Å². The van der Waals surface area contributed by atoms with Crippen molar-refractivity contribution in [3.63, 3.8) is 0 Å². The maximum atomic E-state index is 14.7. The average molecular weight is 459 g/mol. The highest BCUT2D eigenvalue weighted by Crippen LogP contribution is 2.37. The van der Waals surface area contributed by atoms with Crippen LogP contribution in [0.3, 0.4) is 0 Å². The number of rotatable bonds is 6. The number of amides is 1. The molecule has 2 N–H and O–H groups in total. The highest BCUT2D eigenvalue weighted by molar-refractivity contribution is 7.22. The standard InChI is InChI=1S/C23H17Cl2FN2OS/c24-18-7-3-1-5-15(18)13-27-22(25)23(29)28-16-11-9-14(10-12-16)21-20(26)17-6-2-4-8-19(17)30-21/h1-12,22,27H,13H2,(H,28,29). The van der Waals surface area contributed by atoms with E-state index in [0.717, 1.165) is 15.8 Å². The van der Waals surface area contributed by atoms with Gasteiger partial charge in [-0.2, -0.15) is 0 Å². The lowest BCUT2D eigenvalue weighted by Crippen LogP contribution is -2.35. The molecule has 4 aromatic rings. The van der Waals surface area contributed by atoms with E-state index in [2.05, 4.69) is 10.6 Å². The first-order chi connectivity index (χ1) is 14.5. The summed E-state index contributed by atoms with van der Waals surface area (Å²) in [5, 5.41) is 6.92. The number of alkyl halides is 1. The Hall–Kier alpha value is -2.44. The molecule has 0 aliphatic heterocycles. The SMILES string of the molecule is O=C(Nc1ccc(-c2sc3ccccc3c2F)cc1)C(Cl)NCc1ccccc1Cl. The predicted molar refractivity (Wildman–Crippen MR) is 124 cm³/mol. The highest BCUT2D eigenvalue weighted by Gasteiger charge is 2.16. The lowest BCUT2D eigenvalue weighted by Gasteiger charge is -2.13. The van der Waals surface area contributed by atoms with Gasteiger partial charge in [0.25, 0.3) is 5.91 Å². The number of benzene rings is 3.